The normalized spacial score (nSPS) is 10.9. The van der Waals surface area contributed by atoms with Gasteiger partial charge in [-0.15, -0.1) is 0 Å². The van der Waals surface area contributed by atoms with Crippen molar-refractivity contribution in [1.29, 1.82) is 0 Å². The van der Waals surface area contributed by atoms with Gasteiger partial charge in [-0.2, -0.15) is 0 Å². The molecule has 0 saturated heterocycles. The molecule has 1 rings (SSSR count). The highest BCUT2D eigenvalue weighted by Crippen LogP contribution is 2.13. The van der Waals surface area contributed by atoms with Crippen molar-refractivity contribution in [1.82, 2.24) is 5.32 Å². The summed E-state index contributed by atoms with van der Waals surface area (Å²) in [4.78, 5) is 23.0. The van der Waals surface area contributed by atoms with Crippen LogP contribution in [0.2, 0.25) is 0 Å². The van der Waals surface area contributed by atoms with Gasteiger partial charge in [0.1, 0.15) is 5.82 Å². The molecule has 0 aliphatic carbocycles. The van der Waals surface area contributed by atoms with Crippen LogP contribution in [0.1, 0.15) is 20.8 Å². The van der Waals surface area contributed by atoms with Crippen LogP contribution in [-0.4, -0.2) is 18.4 Å². The fraction of sp³-hybridized carbons (Fsp3) is 0.385. The summed E-state index contributed by atoms with van der Waals surface area (Å²) in [6, 6.07) is 5.86. The highest BCUT2D eigenvalue weighted by atomic mass is 19.1. The summed E-state index contributed by atoms with van der Waals surface area (Å²) in [5.74, 6) is -1.20. The van der Waals surface area contributed by atoms with Crippen molar-refractivity contribution in [3.05, 3.63) is 30.1 Å². The average molecular weight is 252 g/mol. The van der Waals surface area contributed by atoms with Crippen LogP contribution >= 0.6 is 0 Å². The Hall–Kier alpha value is -1.91. The molecule has 0 aliphatic rings. The second-order valence-corrected chi connectivity index (χ2v) is 4.96. The van der Waals surface area contributed by atoms with Crippen molar-refractivity contribution in [3.8, 4) is 0 Å². The maximum absolute atomic E-state index is 13.2. The molecule has 0 fully saturated rings. The second-order valence-electron chi connectivity index (χ2n) is 4.96. The number of amides is 2. The number of benzene rings is 1. The molecule has 0 bridgehead atoms. The van der Waals surface area contributed by atoms with Gasteiger partial charge in [-0.25, -0.2) is 4.39 Å². The molecule has 0 saturated carbocycles. The molecule has 2 amide bonds. The van der Waals surface area contributed by atoms with E-state index in [4.69, 9.17) is 0 Å². The van der Waals surface area contributed by atoms with Gasteiger partial charge in [0.05, 0.1) is 12.2 Å². The van der Waals surface area contributed by atoms with Crippen LogP contribution in [0, 0.1) is 11.2 Å². The molecule has 0 aliphatic heterocycles. The van der Waals surface area contributed by atoms with Crippen LogP contribution in [-0.2, 0) is 9.59 Å². The Balaban J connectivity index is 2.49. The lowest BCUT2D eigenvalue weighted by Gasteiger charge is -2.17. The number of halogens is 1. The van der Waals surface area contributed by atoms with E-state index in [0.29, 0.717) is 0 Å². The zero-order valence-electron chi connectivity index (χ0n) is 10.7. The third kappa shape index (κ3) is 4.16. The molecule has 0 unspecified atom stereocenters. The molecule has 2 N–H and O–H groups in total. The lowest BCUT2D eigenvalue weighted by molar-refractivity contribution is -0.130. The first-order valence-corrected chi connectivity index (χ1v) is 5.63. The molecular weight excluding hydrogens is 235 g/mol. The number of rotatable bonds is 3. The Kier molecular flexibility index (Phi) is 4.42. The van der Waals surface area contributed by atoms with Gasteiger partial charge in [0.15, 0.2) is 0 Å². The van der Waals surface area contributed by atoms with E-state index in [0.717, 1.165) is 0 Å². The molecule has 18 heavy (non-hydrogen) atoms. The van der Waals surface area contributed by atoms with Gasteiger partial charge < -0.3 is 10.6 Å². The minimum absolute atomic E-state index is 0.104. The van der Waals surface area contributed by atoms with Gasteiger partial charge in [-0.05, 0) is 12.1 Å². The Morgan fingerprint density at radius 2 is 1.83 bits per heavy atom. The predicted octanol–water partition coefficient (Wildman–Crippen LogP) is 1.93. The molecule has 0 spiro atoms. The van der Waals surface area contributed by atoms with E-state index < -0.39 is 17.1 Å². The lowest BCUT2D eigenvalue weighted by atomic mass is 9.96. The van der Waals surface area contributed by atoms with Crippen LogP contribution in [0.15, 0.2) is 24.3 Å². The first-order chi connectivity index (χ1) is 8.30. The van der Waals surface area contributed by atoms with E-state index in [1.165, 1.54) is 18.2 Å². The summed E-state index contributed by atoms with van der Waals surface area (Å²) in [7, 11) is 0. The van der Waals surface area contributed by atoms with Gasteiger partial charge in [-0.1, -0.05) is 32.9 Å². The largest absolute Gasteiger partial charge is 0.347 e. The molecule has 1 aromatic carbocycles. The van der Waals surface area contributed by atoms with E-state index >= 15 is 0 Å². The molecule has 0 heterocycles. The number of carbonyl (C=O) groups is 2. The van der Waals surface area contributed by atoms with Crippen LogP contribution < -0.4 is 10.6 Å². The topological polar surface area (TPSA) is 58.2 Å². The Morgan fingerprint density at radius 1 is 1.22 bits per heavy atom. The van der Waals surface area contributed by atoms with Gasteiger partial charge in [0.2, 0.25) is 11.8 Å². The maximum atomic E-state index is 13.2. The van der Waals surface area contributed by atoms with Crippen LogP contribution in [0.25, 0.3) is 0 Å². The summed E-state index contributed by atoms with van der Waals surface area (Å²) in [5, 5.41) is 4.88. The summed E-state index contributed by atoms with van der Waals surface area (Å²) in [6.45, 7) is 5.07. The number of anilines is 1. The quantitative estimate of drug-likeness (QED) is 0.863. The molecule has 4 nitrogen and oxygen atoms in total. The summed E-state index contributed by atoms with van der Waals surface area (Å²) in [6.07, 6.45) is 0. The van der Waals surface area contributed by atoms with Gasteiger partial charge in [-0.3, -0.25) is 9.59 Å². The van der Waals surface area contributed by atoms with Crippen molar-refractivity contribution >= 4 is 17.5 Å². The molecular formula is C13H17FN2O2. The van der Waals surface area contributed by atoms with Crippen LogP contribution in [0.4, 0.5) is 10.1 Å². The summed E-state index contributed by atoms with van der Waals surface area (Å²) < 4.78 is 13.2. The first kappa shape index (κ1) is 14.2. The Labute approximate surface area is 106 Å². The van der Waals surface area contributed by atoms with Crippen molar-refractivity contribution in [3.63, 3.8) is 0 Å². The van der Waals surface area contributed by atoms with Gasteiger partial charge >= 0.3 is 0 Å². The standard InChI is InChI=1S/C13H17FN2O2/c1-13(2,3)12(18)15-8-11(17)16-10-7-5-4-6-9(10)14/h4-7H,8H2,1-3H3,(H,15,18)(H,16,17). The number of carbonyl (C=O) groups excluding carboxylic acids is 2. The van der Waals surface area contributed by atoms with E-state index in [1.54, 1.807) is 26.8 Å². The van der Waals surface area contributed by atoms with Crippen molar-refractivity contribution in [2.24, 2.45) is 5.41 Å². The average Bonchev–Trinajstić information content (AvgIpc) is 2.27. The Morgan fingerprint density at radius 3 is 2.39 bits per heavy atom. The lowest BCUT2D eigenvalue weighted by Crippen LogP contribution is -2.39. The van der Waals surface area contributed by atoms with Crippen molar-refractivity contribution in [2.45, 2.75) is 20.8 Å². The Bertz CT molecular complexity index is 453. The molecule has 0 radical (unpaired) electrons. The number of hydrogen-bond donors (Lipinski definition) is 2. The van der Waals surface area contributed by atoms with Crippen molar-refractivity contribution < 1.29 is 14.0 Å². The zero-order valence-corrected chi connectivity index (χ0v) is 10.7. The zero-order chi connectivity index (χ0) is 13.8. The molecule has 0 aromatic heterocycles. The van der Waals surface area contributed by atoms with E-state index in [9.17, 15) is 14.0 Å². The fourth-order valence-electron chi connectivity index (χ4n) is 1.18. The van der Waals surface area contributed by atoms with E-state index in [-0.39, 0.29) is 18.1 Å². The maximum Gasteiger partial charge on any atom is 0.243 e. The van der Waals surface area contributed by atoms with Gasteiger partial charge in [0.25, 0.3) is 0 Å². The highest BCUT2D eigenvalue weighted by molar-refractivity contribution is 5.95. The second kappa shape index (κ2) is 5.62. The minimum Gasteiger partial charge on any atom is -0.347 e. The molecule has 5 heteroatoms. The van der Waals surface area contributed by atoms with Gasteiger partial charge in [0, 0.05) is 5.41 Å². The van der Waals surface area contributed by atoms with Crippen molar-refractivity contribution in [2.75, 3.05) is 11.9 Å². The highest BCUT2D eigenvalue weighted by Gasteiger charge is 2.21. The van der Waals surface area contributed by atoms with Crippen LogP contribution in [0.5, 0.6) is 0 Å². The first-order valence-electron chi connectivity index (χ1n) is 5.63. The fourth-order valence-corrected chi connectivity index (χ4v) is 1.18. The summed E-state index contributed by atoms with van der Waals surface area (Å²) >= 11 is 0. The minimum atomic E-state index is -0.557. The van der Waals surface area contributed by atoms with E-state index in [2.05, 4.69) is 10.6 Å². The smallest absolute Gasteiger partial charge is 0.243 e. The van der Waals surface area contributed by atoms with E-state index in [1.807, 2.05) is 0 Å². The predicted molar refractivity (Wildman–Crippen MR) is 67.5 cm³/mol. The molecule has 98 valence electrons. The number of nitrogens with one attached hydrogen (secondary N) is 2. The summed E-state index contributed by atoms with van der Waals surface area (Å²) in [5.41, 5.74) is -0.453. The third-order valence-electron chi connectivity index (χ3n) is 2.24. The monoisotopic (exact) mass is 252 g/mol. The number of para-hydroxylation sites is 1. The number of hydrogen-bond acceptors (Lipinski definition) is 2. The van der Waals surface area contributed by atoms with Crippen LogP contribution in [0.3, 0.4) is 0 Å². The third-order valence-corrected chi connectivity index (χ3v) is 2.24. The molecule has 0 atom stereocenters. The SMILES string of the molecule is CC(C)(C)C(=O)NCC(=O)Nc1ccccc1F. The molecule has 1 aromatic rings.